The van der Waals surface area contributed by atoms with Crippen molar-refractivity contribution in [1.29, 1.82) is 0 Å². The third-order valence-corrected chi connectivity index (χ3v) is 3.91. The number of benzene rings is 2. The van der Waals surface area contributed by atoms with Gasteiger partial charge in [0.2, 0.25) is 0 Å². The highest BCUT2D eigenvalue weighted by molar-refractivity contribution is 5.40. The molecule has 0 spiro atoms. The van der Waals surface area contributed by atoms with Crippen molar-refractivity contribution in [2.75, 3.05) is 7.05 Å². The molecule has 2 aromatic carbocycles. The quantitative estimate of drug-likeness (QED) is 0.701. The van der Waals surface area contributed by atoms with E-state index in [-0.39, 0.29) is 0 Å². The minimum Gasteiger partial charge on any atom is -0.298 e. The van der Waals surface area contributed by atoms with Crippen LogP contribution < -0.4 is 0 Å². The van der Waals surface area contributed by atoms with Crippen LogP contribution >= 0.6 is 0 Å². The van der Waals surface area contributed by atoms with E-state index in [9.17, 15) is 13.2 Å². The maximum Gasteiger partial charge on any atom is 0.416 e. The molecule has 0 atom stereocenters. The molecular weight excluding hydrogens is 275 g/mol. The number of fused-ring (bicyclic) bond motifs is 2. The third kappa shape index (κ3) is 2.95. The van der Waals surface area contributed by atoms with E-state index in [0.29, 0.717) is 13.0 Å². The SMILES string of the molecule is CN1Cc2ccccc2Cc2ccc(C(F)(F)F)cc2C1. The summed E-state index contributed by atoms with van der Waals surface area (Å²) in [6, 6.07) is 12.2. The van der Waals surface area contributed by atoms with Crippen LogP contribution in [0.1, 0.15) is 27.8 Å². The van der Waals surface area contributed by atoms with Crippen molar-refractivity contribution in [1.82, 2.24) is 4.90 Å². The highest BCUT2D eigenvalue weighted by Gasteiger charge is 2.31. The second-order valence-electron chi connectivity index (χ2n) is 5.60. The Labute approximate surface area is 122 Å². The van der Waals surface area contributed by atoms with Gasteiger partial charge in [-0.2, -0.15) is 13.2 Å². The summed E-state index contributed by atoms with van der Waals surface area (Å²) in [7, 11) is 1.94. The molecule has 1 nitrogen and oxygen atoms in total. The van der Waals surface area contributed by atoms with Gasteiger partial charge >= 0.3 is 6.18 Å². The molecule has 0 bridgehead atoms. The van der Waals surface area contributed by atoms with Crippen LogP contribution in [0.4, 0.5) is 13.2 Å². The topological polar surface area (TPSA) is 3.24 Å². The van der Waals surface area contributed by atoms with Gasteiger partial charge in [-0.3, -0.25) is 4.90 Å². The maximum absolute atomic E-state index is 12.9. The van der Waals surface area contributed by atoms with Crippen LogP contribution in [0.25, 0.3) is 0 Å². The summed E-state index contributed by atoms with van der Waals surface area (Å²) in [5, 5.41) is 0. The highest BCUT2D eigenvalue weighted by Crippen LogP contribution is 2.32. The Balaban J connectivity index is 2.06. The first-order valence-electron chi connectivity index (χ1n) is 6.88. The number of alkyl halides is 3. The lowest BCUT2D eigenvalue weighted by atomic mass is 9.92. The molecule has 0 N–H and O–H groups in total. The first-order valence-corrected chi connectivity index (χ1v) is 6.88. The molecule has 0 aliphatic carbocycles. The summed E-state index contributed by atoms with van der Waals surface area (Å²) in [5.74, 6) is 0. The van der Waals surface area contributed by atoms with Gasteiger partial charge in [0.1, 0.15) is 0 Å². The van der Waals surface area contributed by atoms with E-state index < -0.39 is 11.7 Å². The van der Waals surface area contributed by atoms with Gasteiger partial charge in [-0.15, -0.1) is 0 Å². The monoisotopic (exact) mass is 291 g/mol. The van der Waals surface area contributed by atoms with Gasteiger partial charge in [0.25, 0.3) is 0 Å². The first-order chi connectivity index (χ1) is 9.93. The van der Waals surface area contributed by atoms with Crippen LogP contribution in [0.15, 0.2) is 42.5 Å². The zero-order chi connectivity index (χ0) is 15.0. The van der Waals surface area contributed by atoms with Gasteiger partial charge in [0.05, 0.1) is 5.56 Å². The fraction of sp³-hybridized carbons (Fsp3) is 0.294. The summed E-state index contributed by atoms with van der Waals surface area (Å²) in [4.78, 5) is 2.05. The maximum atomic E-state index is 12.9. The largest absolute Gasteiger partial charge is 0.416 e. The second kappa shape index (κ2) is 5.19. The Morgan fingerprint density at radius 3 is 2.19 bits per heavy atom. The van der Waals surface area contributed by atoms with E-state index in [1.165, 1.54) is 23.3 Å². The molecular formula is C17H16F3N. The van der Waals surface area contributed by atoms with E-state index in [2.05, 4.69) is 17.0 Å². The fourth-order valence-corrected chi connectivity index (χ4v) is 2.85. The molecule has 1 aliphatic rings. The van der Waals surface area contributed by atoms with Crippen LogP contribution in [0.5, 0.6) is 0 Å². The molecule has 2 aromatic rings. The molecule has 21 heavy (non-hydrogen) atoms. The van der Waals surface area contributed by atoms with E-state index in [0.717, 1.165) is 17.7 Å². The van der Waals surface area contributed by atoms with Gasteiger partial charge in [0, 0.05) is 13.1 Å². The molecule has 0 saturated heterocycles. The predicted octanol–water partition coefficient (Wildman–Crippen LogP) is 4.24. The van der Waals surface area contributed by atoms with Crippen molar-refractivity contribution >= 4 is 0 Å². The minimum atomic E-state index is -4.28. The number of nitrogens with zero attached hydrogens (tertiary/aromatic N) is 1. The smallest absolute Gasteiger partial charge is 0.298 e. The number of hydrogen-bond donors (Lipinski definition) is 0. The zero-order valence-corrected chi connectivity index (χ0v) is 11.7. The summed E-state index contributed by atoms with van der Waals surface area (Å²) in [6.45, 7) is 1.29. The number of hydrogen-bond acceptors (Lipinski definition) is 1. The normalized spacial score (nSPS) is 15.8. The van der Waals surface area contributed by atoms with Crippen LogP contribution in [-0.2, 0) is 25.7 Å². The molecule has 4 heteroatoms. The Bertz CT molecular complexity index is 661. The summed E-state index contributed by atoms with van der Waals surface area (Å²) in [6.07, 6.45) is -3.59. The second-order valence-corrected chi connectivity index (χ2v) is 5.60. The van der Waals surface area contributed by atoms with Crippen molar-refractivity contribution in [3.8, 4) is 0 Å². The van der Waals surface area contributed by atoms with Crippen LogP contribution in [0.3, 0.4) is 0 Å². The van der Waals surface area contributed by atoms with Crippen LogP contribution in [-0.4, -0.2) is 11.9 Å². The molecule has 0 unspecified atom stereocenters. The van der Waals surface area contributed by atoms with Crippen molar-refractivity contribution in [3.05, 3.63) is 70.3 Å². The average molecular weight is 291 g/mol. The van der Waals surface area contributed by atoms with E-state index >= 15 is 0 Å². The summed E-state index contributed by atoms with van der Waals surface area (Å²) in [5.41, 5.74) is 3.60. The van der Waals surface area contributed by atoms with Crippen molar-refractivity contribution in [3.63, 3.8) is 0 Å². The molecule has 3 rings (SSSR count). The zero-order valence-electron chi connectivity index (χ0n) is 11.7. The van der Waals surface area contributed by atoms with Gasteiger partial charge in [0.15, 0.2) is 0 Å². The molecule has 0 aromatic heterocycles. The molecule has 0 amide bonds. The number of halogens is 3. The first kappa shape index (κ1) is 14.1. The van der Waals surface area contributed by atoms with Crippen LogP contribution in [0, 0.1) is 0 Å². The van der Waals surface area contributed by atoms with Crippen molar-refractivity contribution < 1.29 is 13.2 Å². The van der Waals surface area contributed by atoms with Gasteiger partial charge in [-0.1, -0.05) is 30.3 Å². The van der Waals surface area contributed by atoms with Crippen LogP contribution in [0.2, 0.25) is 0 Å². The average Bonchev–Trinajstić information content (AvgIpc) is 2.39. The molecule has 1 aliphatic heterocycles. The third-order valence-electron chi connectivity index (χ3n) is 3.91. The lowest BCUT2D eigenvalue weighted by Gasteiger charge is -2.25. The summed E-state index contributed by atoms with van der Waals surface area (Å²) < 4.78 is 38.6. The molecule has 110 valence electrons. The predicted molar refractivity (Wildman–Crippen MR) is 75.9 cm³/mol. The highest BCUT2D eigenvalue weighted by atomic mass is 19.4. The van der Waals surface area contributed by atoms with Crippen molar-refractivity contribution in [2.45, 2.75) is 25.7 Å². The lowest BCUT2D eigenvalue weighted by molar-refractivity contribution is -0.137. The minimum absolute atomic E-state index is 0.535. The molecule has 0 radical (unpaired) electrons. The van der Waals surface area contributed by atoms with E-state index in [1.807, 2.05) is 19.2 Å². The Morgan fingerprint density at radius 2 is 1.48 bits per heavy atom. The Morgan fingerprint density at radius 1 is 0.857 bits per heavy atom. The molecule has 1 heterocycles. The Hall–Kier alpha value is -1.81. The van der Waals surface area contributed by atoms with Gasteiger partial charge in [-0.25, -0.2) is 0 Å². The van der Waals surface area contributed by atoms with E-state index in [1.54, 1.807) is 6.07 Å². The Kier molecular flexibility index (Phi) is 3.49. The van der Waals surface area contributed by atoms with Crippen molar-refractivity contribution in [2.24, 2.45) is 0 Å². The lowest BCUT2D eigenvalue weighted by Crippen LogP contribution is -2.22. The fourth-order valence-electron chi connectivity index (χ4n) is 2.85. The molecule has 0 fully saturated rings. The number of rotatable bonds is 0. The summed E-state index contributed by atoms with van der Waals surface area (Å²) >= 11 is 0. The molecule has 0 saturated carbocycles. The van der Waals surface area contributed by atoms with Gasteiger partial charge in [-0.05, 0) is 47.9 Å². The van der Waals surface area contributed by atoms with Gasteiger partial charge < -0.3 is 0 Å². The standard InChI is InChI=1S/C17H16F3N/c1-21-10-14-5-3-2-4-12(14)8-13-6-7-16(17(18,19)20)9-15(13)11-21/h2-7,9H,8,10-11H2,1H3. The van der Waals surface area contributed by atoms with E-state index in [4.69, 9.17) is 0 Å².